The number of allylic oxidation sites excluding steroid dienone is 2. The number of halogens is 2. The van der Waals surface area contributed by atoms with Crippen molar-refractivity contribution in [3.63, 3.8) is 0 Å². The van der Waals surface area contributed by atoms with E-state index in [1.807, 2.05) is 0 Å². The lowest BCUT2D eigenvalue weighted by molar-refractivity contribution is 0.405. The Kier molecular flexibility index (Phi) is 2.80. The lowest BCUT2D eigenvalue weighted by Gasteiger charge is -2.32. The Labute approximate surface area is 83.3 Å². The van der Waals surface area contributed by atoms with Gasteiger partial charge in [0.1, 0.15) is 5.83 Å². The topological polar surface area (TPSA) is 52.0 Å². The van der Waals surface area contributed by atoms with Gasteiger partial charge in [0.2, 0.25) is 0 Å². The lowest BCUT2D eigenvalue weighted by atomic mass is 9.83. The molecule has 0 spiro atoms. The van der Waals surface area contributed by atoms with Crippen LogP contribution in [0, 0.1) is 5.92 Å². The molecule has 4 N–H and O–H groups in total. The highest BCUT2D eigenvalue weighted by molar-refractivity contribution is 5.85. The fourth-order valence-electron chi connectivity index (χ4n) is 1.70. The second-order valence-corrected chi connectivity index (χ2v) is 3.68. The average Bonchev–Trinajstić information content (AvgIpc) is 2.80. The maximum Gasteiger partial charge on any atom is 0.120 e. The molecule has 0 saturated heterocycles. The molecule has 2 rings (SSSR count). The fourth-order valence-corrected chi connectivity index (χ4v) is 1.70. The van der Waals surface area contributed by atoms with Crippen LogP contribution in [0.3, 0.4) is 0 Å². The Bertz CT molecular complexity index is 260. The average molecular weight is 205 g/mol. The SMILES string of the molecule is Cl.NC1C=C(F)C=CC1(N)C1CC1. The van der Waals surface area contributed by atoms with Crippen LogP contribution in [0.4, 0.5) is 4.39 Å². The molecule has 13 heavy (non-hydrogen) atoms. The van der Waals surface area contributed by atoms with E-state index in [4.69, 9.17) is 11.5 Å². The van der Waals surface area contributed by atoms with Gasteiger partial charge >= 0.3 is 0 Å². The van der Waals surface area contributed by atoms with Gasteiger partial charge in [0.05, 0.1) is 5.54 Å². The highest BCUT2D eigenvalue weighted by atomic mass is 35.5. The monoisotopic (exact) mass is 204 g/mol. The molecule has 0 aromatic carbocycles. The maximum absolute atomic E-state index is 12.7. The standard InChI is InChI=1S/C9H13FN2.ClH/c10-7-3-4-9(12,6-1-2-6)8(11)5-7;/h3-6,8H,1-2,11-12H2;1H. The van der Waals surface area contributed by atoms with E-state index in [0.717, 1.165) is 12.8 Å². The van der Waals surface area contributed by atoms with E-state index in [9.17, 15) is 4.39 Å². The van der Waals surface area contributed by atoms with Crippen LogP contribution >= 0.6 is 12.4 Å². The summed E-state index contributed by atoms with van der Waals surface area (Å²) >= 11 is 0. The zero-order chi connectivity index (χ0) is 8.77. The fraction of sp³-hybridized carbons (Fsp3) is 0.556. The Morgan fingerprint density at radius 3 is 2.54 bits per heavy atom. The van der Waals surface area contributed by atoms with Crippen molar-refractivity contribution >= 4 is 12.4 Å². The molecule has 4 heteroatoms. The van der Waals surface area contributed by atoms with Crippen molar-refractivity contribution in [2.75, 3.05) is 0 Å². The van der Waals surface area contributed by atoms with Crippen LogP contribution in [0.2, 0.25) is 0 Å². The molecule has 0 heterocycles. The van der Waals surface area contributed by atoms with Crippen LogP contribution in [0.1, 0.15) is 12.8 Å². The van der Waals surface area contributed by atoms with Gasteiger partial charge < -0.3 is 11.5 Å². The molecule has 2 unspecified atom stereocenters. The summed E-state index contributed by atoms with van der Waals surface area (Å²) in [4.78, 5) is 0. The molecule has 0 radical (unpaired) electrons. The third-order valence-corrected chi connectivity index (χ3v) is 2.73. The maximum atomic E-state index is 12.7. The van der Waals surface area contributed by atoms with Crippen molar-refractivity contribution in [2.45, 2.75) is 24.4 Å². The van der Waals surface area contributed by atoms with Gasteiger partial charge in [-0.05, 0) is 30.9 Å². The molecule has 0 aliphatic heterocycles. The highest BCUT2D eigenvalue weighted by Gasteiger charge is 2.45. The molecule has 2 atom stereocenters. The second kappa shape index (κ2) is 3.40. The van der Waals surface area contributed by atoms with E-state index >= 15 is 0 Å². The largest absolute Gasteiger partial charge is 0.323 e. The van der Waals surface area contributed by atoms with Gasteiger partial charge in [0.15, 0.2) is 0 Å². The van der Waals surface area contributed by atoms with Gasteiger partial charge in [-0.3, -0.25) is 0 Å². The summed E-state index contributed by atoms with van der Waals surface area (Å²) < 4.78 is 12.7. The first-order chi connectivity index (χ1) is 5.63. The highest BCUT2D eigenvalue weighted by Crippen LogP contribution is 2.42. The van der Waals surface area contributed by atoms with E-state index in [1.165, 1.54) is 12.2 Å². The first-order valence-corrected chi connectivity index (χ1v) is 4.24. The zero-order valence-electron chi connectivity index (χ0n) is 7.24. The lowest BCUT2D eigenvalue weighted by Crippen LogP contribution is -2.55. The van der Waals surface area contributed by atoms with E-state index in [-0.39, 0.29) is 24.3 Å². The first kappa shape index (κ1) is 10.7. The number of hydrogen-bond acceptors (Lipinski definition) is 2. The molecular formula is C9H14ClFN2. The van der Waals surface area contributed by atoms with E-state index in [1.54, 1.807) is 6.08 Å². The van der Waals surface area contributed by atoms with E-state index in [0.29, 0.717) is 5.92 Å². The summed E-state index contributed by atoms with van der Waals surface area (Å²) in [6, 6.07) is -0.366. The smallest absolute Gasteiger partial charge is 0.120 e. The number of nitrogens with two attached hydrogens (primary N) is 2. The molecule has 0 aromatic heterocycles. The summed E-state index contributed by atoms with van der Waals surface area (Å²) in [6.07, 6.45) is 6.76. The normalized spacial score (nSPS) is 38.1. The van der Waals surface area contributed by atoms with Gasteiger partial charge in [0, 0.05) is 6.04 Å². The summed E-state index contributed by atoms with van der Waals surface area (Å²) in [5, 5.41) is 0. The minimum Gasteiger partial charge on any atom is -0.323 e. The van der Waals surface area contributed by atoms with E-state index < -0.39 is 5.54 Å². The van der Waals surface area contributed by atoms with Crippen LogP contribution in [0.15, 0.2) is 24.1 Å². The molecule has 1 fully saturated rings. The number of hydrogen-bond donors (Lipinski definition) is 2. The predicted molar refractivity (Wildman–Crippen MR) is 53.2 cm³/mol. The predicted octanol–water partition coefficient (Wildman–Crippen LogP) is 1.27. The molecule has 0 amide bonds. The van der Waals surface area contributed by atoms with Crippen molar-refractivity contribution in [1.82, 2.24) is 0 Å². The second-order valence-electron chi connectivity index (χ2n) is 3.68. The summed E-state index contributed by atoms with van der Waals surface area (Å²) in [5.74, 6) is 0.178. The Morgan fingerprint density at radius 1 is 1.46 bits per heavy atom. The molecule has 2 aliphatic carbocycles. The molecule has 74 valence electrons. The Balaban J connectivity index is 0.000000845. The quantitative estimate of drug-likeness (QED) is 0.676. The van der Waals surface area contributed by atoms with Crippen molar-refractivity contribution < 1.29 is 4.39 Å². The molecular weight excluding hydrogens is 191 g/mol. The van der Waals surface area contributed by atoms with Gasteiger partial charge in [-0.2, -0.15) is 0 Å². The summed E-state index contributed by atoms with van der Waals surface area (Å²) in [7, 11) is 0. The van der Waals surface area contributed by atoms with Crippen molar-refractivity contribution in [3.8, 4) is 0 Å². The number of rotatable bonds is 1. The minimum atomic E-state index is -0.490. The van der Waals surface area contributed by atoms with Crippen LogP contribution in [0.5, 0.6) is 0 Å². The van der Waals surface area contributed by atoms with Gasteiger partial charge in [-0.15, -0.1) is 12.4 Å². The van der Waals surface area contributed by atoms with Crippen molar-refractivity contribution in [1.29, 1.82) is 0 Å². The van der Waals surface area contributed by atoms with Gasteiger partial charge in [-0.25, -0.2) is 4.39 Å². The summed E-state index contributed by atoms with van der Waals surface area (Å²) in [5.41, 5.74) is 11.3. The molecule has 0 bridgehead atoms. The van der Waals surface area contributed by atoms with Gasteiger partial charge in [0.25, 0.3) is 0 Å². The molecule has 0 aromatic rings. The van der Waals surface area contributed by atoms with Crippen LogP contribution in [0.25, 0.3) is 0 Å². The molecule has 2 nitrogen and oxygen atoms in total. The molecule has 2 aliphatic rings. The minimum absolute atomic E-state index is 0. The molecule has 1 saturated carbocycles. The van der Waals surface area contributed by atoms with E-state index in [2.05, 4.69) is 0 Å². The summed E-state index contributed by atoms with van der Waals surface area (Å²) in [6.45, 7) is 0. The van der Waals surface area contributed by atoms with Crippen molar-refractivity contribution in [3.05, 3.63) is 24.1 Å². The first-order valence-electron chi connectivity index (χ1n) is 4.24. The third-order valence-electron chi connectivity index (χ3n) is 2.73. The van der Waals surface area contributed by atoms with Crippen molar-refractivity contribution in [2.24, 2.45) is 17.4 Å². The van der Waals surface area contributed by atoms with Crippen LogP contribution in [-0.2, 0) is 0 Å². The van der Waals surface area contributed by atoms with Crippen LogP contribution in [-0.4, -0.2) is 11.6 Å². The third kappa shape index (κ3) is 1.77. The van der Waals surface area contributed by atoms with Gasteiger partial charge in [-0.1, -0.05) is 6.08 Å². The Morgan fingerprint density at radius 2 is 2.08 bits per heavy atom. The Hall–Kier alpha value is -0.380. The van der Waals surface area contributed by atoms with Crippen LogP contribution < -0.4 is 11.5 Å². The zero-order valence-corrected chi connectivity index (χ0v) is 8.06.